The van der Waals surface area contributed by atoms with Crippen molar-refractivity contribution in [3.8, 4) is 11.3 Å². The third-order valence-electron chi connectivity index (χ3n) is 6.64. The molecule has 9 nitrogen and oxygen atoms in total. The smallest absolute Gasteiger partial charge is 0.325 e. The number of benzene rings is 1. The van der Waals surface area contributed by atoms with Crippen LogP contribution in [0.5, 0.6) is 0 Å². The van der Waals surface area contributed by atoms with E-state index in [1.165, 1.54) is 12.1 Å². The Hall–Kier alpha value is -2.74. The summed E-state index contributed by atoms with van der Waals surface area (Å²) in [5.41, 5.74) is 3.34. The zero-order valence-corrected chi connectivity index (χ0v) is 22.0. The second-order valence-electron chi connectivity index (χ2n) is 9.01. The van der Waals surface area contributed by atoms with E-state index in [1.807, 2.05) is 29.6 Å². The van der Waals surface area contributed by atoms with Crippen molar-refractivity contribution in [2.45, 2.75) is 38.2 Å². The summed E-state index contributed by atoms with van der Waals surface area (Å²) in [6, 6.07) is 9.70. The highest BCUT2D eigenvalue weighted by Gasteiger charge is 2.38. The Morgan fingerprint density at radius 2 is 1.84 bits per heavy atom. The van der Waals surface area contributed by atoms with Crippen molar-refractivity contribution < 1.29 is 23.9 Å². The first kappa shape index (κ1) is 25.9. The number of aromatic nitrogens is 3. The van der Waals surface area contributed by atoms with Crippen LogP contribution in [-0.4, -0.2) is 63.6 Å². The fourth-order valence-electron chi connectivity index (χ4n) is 4.74. The molecule has 12 heteroatoms. The third-order valence-corrected chi connectivity index (χ3v) is 8.56. The van der Waals surface area contributed by atoms with Gasteiger partial charge in [0.1, 0.15) is 17.3 Å². The molecule has 1 unspecified atom stereocenters. The Bertz CT molecular complexity index is 1430. The van der Waals surface area contributed by atoms with Crippen LogP contribution in [0.25, 0.3) is 16.9 Å². The normalized spacial score (nSPS) is 16.4. The molecule has 0 saturated carbocycles. The number of fused-ring (bicyclic) bond motifs is 1. The van der Waals surface area contributed by atoms with E-state index in [9.17, 15) is 23.9 Å². The number of imidazole rings is 1. The van der Waals surface area contributed by atoms with Crippen LogP contribution in [0.15, 0.2) is 48.0 Å². The minimum atomic E-state index is -3.26. The monoisotopic (exact) mass is 545 g/mol. The molecule has 1 atom stereocenters. The number of rotatable bonds is 7. The van der Waals surface area contributed by atoms with Gasteiger partial charge in [0.05, 0.1) is 22.4 Å². The van der Waals surface area contributed by atoms with Gasteiger partial charge >= 0.3 is 6.10 Å². The largest absolute Gasteiger partial charge is 0.377 e. The molecule has 3 aromatic heterocycles. The lowest BCUT2D eigenvalue weighted by Crippen LogP contribution is -2.46. The summed E-state index contributed by atoms with van der Waals surface area (Å²) >= 11 is 1.11. The predicted molar refractivity (Wildman–Crippen MR) is 141 cm³/mol. The molecule has 0 radical (unpaired) electrons. The predicted octanol–water partition coefficient (Wildman–Crippen LogP) is 3.36. The van der Waals surface area contributed by atoms with Crippen LogP contribution >= 0.6 is 11.3 Å². The highest BCUT2D eigenvalue weighted by molar-refractivity contribution is 7.81. The number of hydrogen-bond acceptors (Lipinski definition) is 8. The summed E-state index contributed by atoms with van der Waals surface area (Å²) in [7, 11) is -0.994. The molecule has 0 aliphatic carbocycles. The number of nitrogens with zero attached hydrogens (tertiary/aromatic N) is 5. The molecule has 37 heavy (non-hydrogen) atoms. The van der Waals surface area contributed by atoms with Gasteiger partial charge in [-0.15, -0.1) is 11.3 Å². The zero-order valence-electron chi connectivity index (χ0n) is 20.4. The standard InChI is InChI=1S/C25H28FN5O4S2/c1-3-20-23(30-14-18(6-9-22(30)27-20)16-10-12-29(13-11-16)37(2)35)31(25(32,33)34)24-28-21(15-36-24)17-4-7-19(26)8-5-17/h4-9,14-16,32-34H,3,10-13H2,1-2H3. The van der Waals surface area contributed by atoms with Gasteiger partial charge in [0.2, 0.25) is 0 Å². The minimum Gasteiger partial charge on any atom is -0.325 e. The quantitative estimate of drug-likeness (QED) is 0.305. The summed E-state index contributed by atoms with van der Waals surface area (Å²) in [6.07, 6.45) is 2.50. The summed E-state index contributed by atoms with van der Waals surface area (Å²) < 4.78 is 28.9. The molecule has 1 aliphatic rings. The first-order chi connectivity index (χ1) is 17.7. The zero-order chi connectivity index (χ0) is 26.3. The first-order valence-electron chi connectivity index (χ1n) is 11.9. The van der Waals surface area contributed by atoms with Gasteiger partial charge in [0, 0.05) is 36.5 Å². The molecule has 1 aliphatic heterocycles. The molecule has 0 bridgehead atoms. The average molecular weight is 546 g/mol. The Morgan fingerprint density at radius 3 is 2.46 bits per heavy atom. The van der Waals surface area contributed by atoms with E-state index in [1.54, 1.807) is 28.2 Å². The number of pyridine rings is 1. The molecule has 3 N–H and O–H groups in total. The van der Waals surface area contributed by atoms with Gasteiger partial charge in [0.25, 0.3) is 0 Å². The van der Waals surface area contributed by atoms with Crippen LogP contribution in [0.1, 0.15) is 36.9 Å². The maximum Gasteiger partial charge on any atom is 0.377 e. The SMILES string of the molecule is CCc1nc2ccc(C3CCN(S(C)=O)CC3)cn2c1N(c1nc(-c2ccc(F)cc2)cs1)C(O)(O)O. The Morgan fingerprint density at radius 1 is 1.14 bits per heavy atom. The lowest BCUT2D eigenvalue weighted by Gasteiger charge is -2.31. The first-order valence-corrected chi connectivity index (χ1v) is 14.3. The van der Waals surface area contributed by atoms with Crippen molar-refractivity contribution in [2.75, 3.05) is 24.2 Å². The number of anilines is 2. The molecule has 1 saturated heterocycles. The van der Waals surface area contributed by atoms with Gasteiger partial charge in [-0.25, -0.2) is 27.8 Å². The Labute approximate surface area is 220 Å². The highest BCUT2D eigenvalue weighted by atomic mass is 32.2. The van der Waals surface area contributed by atoms with Gasteiger partial charge < -0.3 is 15.3 Å². The lowest BCUT2D eigenvalue weighted by atomic mass is 9.91. The van der Waals surface area contributed by atoms with Crippen molar-refractivity contribution >= 4 is 38.9 Å². The fraction of sp³-hybridized carbons (Fsp3) is 0.360. The second kappa shape index (κ2) is 10.2. The van der Waals surface area contributed by atoms with Crippen molar-refractivity contribution in [1.82, 2.24) is 18.7 Å². The van der Waals surface area contributed by atoms with Gasteiger partial charge in [0.15, 0.2) is 5.13 Å². The van der Waals surface area contributed by atoms with Crippen LogP contribution in [0.4, 0.5) is 15.3 Å². The molecule has 196 valence electrons. The van der Waals surface area contributed by atoms with E-state index < -0.39 is 17.1 Å². The average Bonchev–Trinajstić information content (AvgIpc) is 3.49. The summed E-state index contributed by atoms with van der Waals surface area (Å²) in [4.78, 5) is 10.1. The van der Waals surface area contributed by atoms with Crippen LogP contribution in [0.2, 0.25) is 0 Å². The maximum atomic E-state index is 13.4. The molecule has 5 rings (SSSR count). The number of aryl methyl sites for hydroxylation is 1. The number of thiazole rings is 1. The summed E-state index contributed by atoms with van der Waals surface area (Å²) in [5.74, 6) is 0.160. The number of aliphatic hydroxyl groups is 3. The summed E-state index contributed by atoms with van der Waals surface area (Å²) in [6.45, 7) is 3.35. The molecule has 0 amide bonds. The van der Waals surface area contributed by atoms with Crippen LogP contribution in [-0.2, 0) is 17.4 Å². The van der Waals surface area contributed by atoms with Crippen molar-refractivity contribution in [3.05, 3.63) is 65.0 Å². The highest BCUT2D eigenvalue weighted by Crippen LogP contribution is 2.38. The number of hydrogen-bond donors (Lipinski definition) is 3. The van der Waals surface area contributed by atoms with Crippen molar-refractivity contribution in [1.29, 1.82) is 0 Å². The van der Waals surface area contributed by atoms with Crippen LogP contribution in [0.3, 0.4) is 0 Å². The van der Waals surface area contributed by atoms with E-state index >= 15 is 0 Å². The van der Waals surface area contributed by atoms with Gasteiger partial charge in [-0.1, -0.05) is 13.0 Å². The van der Waals surface area contributed by atoms with Crippen LogP contribution < -0.4 is 4.90 Å². The Kier molecular flexibility index (Phi) is 7.14. The molecule has 1 fully saturated rings. The number of halogens is 1. The third kappa shape index (κ3) is 5.17. The molecular formula is C25H28FN5O4S2. The van der Waals surface area contributed by atoms with Gasteiger partial charge in [-0.05, 0) is 61.1 Å². The molecule has 4 heterocycles. The van der Waals surface area contributed by atoms with Crippen molar-refractivity contribution in [3.63, 3.8) is 0 Å². The van der Waals surface area contributed by atoms with Gasteiger partial charge in [-0.2, -0.15) is 0 Å². The van der Waals surface area contributed by atoms with E-state index in [4.69, 9.17) is 0 Å². The second-order valence-corrected chi connectivity index (χ2v) is 11.2. The molecular weight excluding hydrogens is 517 g/mol. The van der Waals surface area contributed by atoms with Gasteiger partial charge in [-0.3, -0.25) is 4.40 Å². The van der Waals surface area contributed by atoms with E-state index in [-0.39, 0.29) is 16.9 Å². The fourth-order valence-corrected chi connectivity index (χ4v) is 6.34. The summed E-state index contributed by atoms with van der Waals surface area (Å²) in [5, 5.41) is 33.3. The van der Waals surface area contributed by atoms with E-state index in [2.05, 4.69) is 9.97 Å². The minimum absolute atomic E-state index is 0.132. The lowest BCUT2D eigenvalue weighted by molar-refractivity contribution is -0.304. The topological polar surface area (TPSA) is 114 Å². The molecule has 1 aromatic carbocycles. The number of piperidine rings is 1. The molecule has 0 spiro atoms. The van der Waals surface area contributed by atoms with E-state index in [0.717, 1.165) is 47.7 Å². The van der Waals surface area contributed by atoms with Crippen LogP contribution in [0, 0.1) is 5.82 Å². The Balaban J connectivity index is 1.57. The molecule has 4 aromatic rings. The van der Waals surface area contributed by atoms with Crippen molar-refractivity contribution in [2.24, 2.45) is 0 Å². The maximum absolute atomic E-state index is 13.4. The van der Waals surface area contributed by atoms with E-state index in [0.29, 0.717) is 34.8 Å².